The molecule has 1 aliphatic heterocycles. The molecular formula is C20H19N3O7. The summed E-state index contributed by atoms with van der Waals surface area (Å²) in [7, 11) is 1.28. The van der Waals surface area contributed by atoms with Gasteiger partial charge in [-0.25, -0.2) is 4.79 Å². The number of nitro benzene ring substituents is 1. The van der Waals surface area contributed by atoms with Crippen molar-refractivity contribution in [3.8, 4) is 5.75 Å². The van der Waals surface area contributed by atoms with Crippen LogP contribution in [0.5, 0.6) is 5.75 Å². The van der Waals surface area contributed by atoms with E-state index >= 15 is 0 Å². The third kappa shape index (κ3) is 4.22. The van der Waals surface area contributed by atoms with Crippen molar-refractivity contribution < 1.29 is 28.8 Å². The second-order valence-corrected chi connectivity index (χ2v) is 6.60. The lowest BCUT2D eigenvalue weighted by atomic mass is 10.1. The molecule has 0 fully saturated rings. The number of carbonyl (C=O) groups is 3. The van der Waals surface area contributed by atoms with E-state index in [-0.39, 0.29) is 23.6 Å². The Morgan fingerprint density at radius 2 is 2.00 bits per heavy atom. The van der Waals surface area contributed by atoms with Crippen molar-refractivity contribution in [1.29, 1.82) is 0 Å². The summed E-state index contributed by atoms with van der Waals surface area (Å²) < 4.78 is 9.98. The maximum absolute atomic E-state index is 12.8. The molecular weight excluding hydrogens is 394 g/mol. The Kier molecular flexibility index (Phi) is 5.95. The third-order valence-electron chi connectivity index (χ3n) is 4.57. The van der Waals surface area contributed by atoms with Crippen LogP contribution in [0.15, 0.2) is 42.5 Å². The third-order valence-corrected chi connectivity index (χ3v) is 4.57. The number of rotatable bonds is 5. The van der Waals surface area contributed by atoms with E-state index in [1.54, 1.807) is 31.2 Å². The van der Waals surface area contributed by atoms with E-state index in [9.17, 15) is 24.5 Å². The van der Waals surface area contributed by atoms with Gasteiger partial charge in [0.05, 0.1) is 29.0 Å². The van der Waals surface area contributed by atoms with Gasteiger partial charge in [-0.3, -0.25) is 19.7 Å². The van der Waals surface area contributed by atoms with E-state index < -0.39 is 35.1 Å². The van der Waals surface area contributed by atoms with Crippen LogP contribution < -0.4 is 15.0 Å². The minimum Gasteiger partial charge on any atom is -0.490 e. The van der Waals surface area contributed by atoms with Crippen LogP contribution in [0, 0.1) is 10.1 Å². The molecule has 0 unspecified atom stereocenters. The average molecular weight is 413 g/mol. The maximum Gasteiger partial charge on any atom is 0.338 e. The molecule has 0 saturated carbocycles. The number of nitrogens with one attached hydrogen (secondary N) is 1. The van der Waals surface area contributed by atoms with E-state index in [1.807, 2.05) is 0 Å². The Bertz CT molecular complexity index is 1020. The summed E-state index contributed by atoms with van der Waals surface area (Å²) >= 11 is 0. The van der Waals surface area contributed by atoms with Crippen LogP contribution in [0.2, 0.25) is 0 Å². The van der Waals surface area contributed by atoms with Crippen molar-refractivity contribution >= 4 is 34.8 Å². The number of carbonyl (C=O) groups excluding carboxylic acids is 3. The molecule has 10 heteroatoms. The molecule has 0 radical (unpaired) electrons. The SMILES string of the molecule is COc1ccc(C(=O)OCC(=O)N2c3ccccc3NC(=O)C[C@@H]2C)cc1[N+](=O)[O-]. The Morgan fingerprint density at radius 1 is 1.27 bits per heavy atom. The second kappa shape index (κ2) is 8.60. The van der Waals surface area contributed by atoms with Crippen LogP contribution in [0.25, 0.3) is 0 Å². The standard InChI is InChI=1S/C20H19N3O7/c1-12-9-18(24)21-14-5-3-4-6-15(14)22(12)19(25)11-30-20(26)13-7-8-17(29-2)16(10-13)23(27)28/h3-8,10,12H,9,11H2,1-2H3,(H,21,24)/t12-/m0/s1. The number of esters is 1. The minimum absolute atomic E-state index is 0.000193. The lowest BCUT2D eigenvalue weighted by molar-refractivity contribution is -0.385. The van der Waals surface area contributed by atoms with Gasteiger partial charge >= 0.3 is 11.7 Å². The second-order valence-electron chi connectivity index (χ2n) is 6.60. The van der Waals surface area contributed by atoms with Crippen LogP contribution in [0.1, 0.15) is 23.7 Å². The van der Waals surface area contributed by atoms with E-state index in [0.29, 0.717) is 11.4 Å². The average Bonchev–Trinajstić information content (AvgIpc) is 2.85. The summed E-state index contributed by atoms with van der Waals surface area (Å²) in [6, 6.07) is 9.98. The van der Waals surface area contributed by atoms with Crippen LogP contribution >= 0.6 is 0 Å². The van der Waals surface area contributed by atoms with Crippen LogP contribution in [0.3, 0.4) is 0 Å². The number of nitrogens with zero attached hydrogens (tertiary/aromatic N) is 2. The molecule has 0 saturated heterocycles. The zero-order chi connectivity index (χ0) is 21.8. The van der Waals surface area contributed by atoms with Gasteiger partial charge in [0, 0.05) is 18.5 Å². The van der Waals surface area contributed by atoms with Gasteiger partial charge in [-0.05, 0) is 31.2 Å². The lowest BCUT2D eigenvalue weighted by Gasteiger charge is -2.27. The first kappa shape index (κ1) is 20.8. The van der Waals surface area contributed by atoms with Crippen molar-refractivity contribution in [2.75, 3.05) is 23.9 Å². The van der Waals surface area contributed by atoms with Crippen LogP contribution in [-0.4, -0.2) is 42.5 Å². The molecule has 1 atom stereocenters. The zero-order valence-electron chi connectivity index (χ0n) is 16.3. The van der Waals surface area contributed by atoms with Crippen LogP contribution in [-0.2, 0) is 14.3 Å². The Hall–Kier alpha value is -3.95. The van der Waals surface area contributed by atoms with E-state index in [1.165, 1.54) is 24.1 Å². The van der Waals surface area contributed by atoms with Crippen molar-refractivity contribution in [1.82, 2.24) is 0 Å². The molecule has 2 aromatic rings. The molecule has 10 nitrogen and oxygen atoms in total. The van der Waals surface area contributed by atoms with Crippen molar-refractivity contribution in [2.45, 2.75) is 19.4 Å². The molecule has 0 aliphatic carbocycles. The van der Waals surface area contributed by atoms with Crippen molar-refractivity contribution in [3.63, 3.8) is 0 Å². The Balaban J connectivity index is 1.77. The number of nitro groups is 1. The Morgan fingerprint density at radius 3 is 2.70 bits per heavy atom. The number of anilines is 2. The molecule has 2 amide bonds. The topological polar surface area (TPSA) is 128 Å². The molecule has 0 spiro atoms. The summed E-state index contributed by atoms with van der Waals surface area (Å²) in [6.07, 6.45) is 0.0824. The van der Waals surface area contributed by atoms with Crippen molar-refractivity contribution in [2.24, 2.45) is 0 Å². The normalized spacial score (nSPS) is 15.5. The number of benzene rings is 2. The quantitative estimate of drug-likeness (QED) is 0.453. The number of methoxy groups -OCH3 is 1. The van der Waals surface area contributed by atoms with Gasteiger partial charge < -0.3 is 19.7 Å². The van der Waals surface area contributed by atoms with E-state index in [4.69, 9.17) is 9.47 Å². The number of hydrogen-bond acceptors (Lipinski definition) is 7. The molecule has 1 N–H and O–H groups in total. The first-order chi connectivity index (χ1) is 14.3. The summed E-state index contributed by atoms with van der Waals surface area (Å²) in [5.74, 6) is -1.64. The fourth-order valence-electron chi connectivity index (χ4n) is 3.21. The highest BCUT2D eigenvalue weighted by molar-refractivity contribution is 6.05. The largest absolute Gasteiger partial charge is 0.490 e. The van der Waals surface area contributed by atoms with E-state index in [2.05, 4.69) is 5.32 Å². The predicted octanol–water partition coefficient (Wildman–Crippen LogP) is 2.52. The van der Waals surface area contributed by atoms with Gasteiger partial charge in [-0.1, -0.05) is 12.1 Å². The summed E-state index contributed by atoms with van der Waals surface area (Å²) in [6.45, 7) is 1.12. The lowest BCUT2D eigenvalue weighted by Crippen LogP contribution is -2.41. The van der Waals surface area contributed by atoms with E-state index in [0.717, 1.165) is 6.07 Å². The fraction of sp³-hybridized carbons (Fsp3) is 0.250. The monoisotopic (exact) mass is 413 g/mol. The molecule has 0 aromatic heterocycles. The first-order valence-corrected chi connectivity index (χ1v) is 9.02. The first-order valence-electron chi connectivity index (χ1n) is 9.02. The van der Waals surface area contributed by atoms with Crippen LogP contribution in [0.4, 0.5) is 17.1 Å². The molecule has 1 aliphatic rings. The predicted molar refractivity (Wildman–Crippen MR) is 107 cm³/mol. The highest BCUT2D eigenvalue weighted by atomic mass is 16.6. The zero-order valence-corrected chi connectivity index (χ0v) is 16.3. The molecule has 1 heterocycles. The highest BCUT2D eigenvalue weighted by Crippen LogP contribution is 2.31. The maximum atomic E-state index is 12.8. The number of para-hydroxylation sites is 2. The summed E-state index contributed by atoms with van der Waals surface area (Å²) in [5.41, 5.74) is 0.503. The molecule has 156 valence electrons. The van der Waals surface area contributed by atoms with Gasteiger partial charge in [0.1, 0.15) is 0 Å². The molecule has 3 rings (SSSR count). The summed E-state index contributed by atoms with van der Waals surface area (Å²) in [5, 5.41) is 13.9. The number of fused-ring (bicyclic) bond motifs is 1. The smallest absolute Gasteiger partial charge is 0.338 e. The highest BCUT2D eigenvalue weighted by Gasteiger charge is 2.30. The number of ether oxygens (including phenoxy) is 2. The van der Waals surface area contributed by atoms with Gasteiger partial charge in [0.15, 0.2) is 12.4 Å². The van der Waals surface area contributed by atoms with Crippen molar-refractivity contribution in [3.05, 3.63) is 58.1 Å². The minimum atomic E-state index is -0.890. The summed E-state index contributed by atoms with van der Waals surface area (Å²) in [4.78, 5) is 49.0. The molecule has 0 bridgehead atoms. The van der Waals surface area contributed by atoms with Gasteiger partial charge in [-0.15, -0.1) is 0 Å². The fourth-order valence-corrected chi connectivity index (χ4v) is 3.21. The number of hydrogen-bond donors (Lipinski definition) is 1. The molecule has 30 heavy (non-hydrogen) atoms. The van der Waals surface area contributed by atoms with Gasteiger partial charge in [0.2, 0.25) is 5.91 Å². The molecule has 2 aromatic carbocycles. The van der Waals surface area contributed by atoms with Gasteiger partial charge in [0.25, 0.3) is 5.91 Å². The van der Waals surface area contributed by atoms with Gasteiger partial charge in [-0.2, -0.15) is 0 Å². The number of amides is 2. The Labute approximate surface area is 171 Å².